The Morgan fingerprint density at radius 1 is 1.25 bits per heavy atom. The Balaban J connectivity index is 1.98. The summed E-state index contributed by atoms with van der Waals surface area (Å²) in [5, 5.41) is 0. The van der Waals surface area contributed by atoms with Crippen molar-refractivity contribution in [3.8, 4) is 5.75 Å². The molecule has 16 heavy (non-hydrogen) atoms. The molecular weight excluding hydrogens is 198 g/mol. The van der Waals surface area contributed by atoms with Crippen LogP contribution in [-0.4, -0.2) is 32.1 Å². The molecule has 2 nitrogen and oxygen atoms in total. The van der Waals surface area contributed by atoms with Crippen LogP contribution in [0.1, 0.15) is 12.0 Å². The molecule has 1 aliphatic heterocycles. The summed E-state index contributed by atoms with van der Waals surface area (Å²) >= 11 is 0. The molecule has 0 spiro atoms. The zero-order valence-corrected chi connectivity index (χ0v) is 10.1. The van der Waals surface area contributed by atoms with Crippen LogP contribution in [0.15, 0.2) is 35.9 Å². The van der Waals surface area contributed by atoms with Crippen LogP contribution in [-0.2, 0) is 6.42 Å². The van der Waals surface area contributed by atoms with Crippen molar-refractivity contribution in [1.82, 2.24) is 4.90 Å². The predicted octanol–water partition coefficient (Wildman–Crippen LogP) is 2.50. The lowest BCUT2D eigenvalue weighted by Gasteiger charge is -2.21. The summed E-state index contributed by atoms with van der Waals surface area (Å²) in [5.41, 5.74) is 2.93. The van der Waals surface area contributed by atoms with Gasteiger partial charge in [0.15, 0.2) is 0 Å². The molecule has 0 unspecified atom stereocenters. The summed E-state index contributed by atoms with van der Waals surface area (Å²) in [6.45, 7) is 2.27. The van der Waals surface area contributed by atoms with E-state index in [2.05, 4.69) is 30.2 Å². The van der Waals surface area contributed by atoms with Gasteiger partial charge in [-0.25, -0.2) is 0 Å². The summed E-state index contributed by atoms with van der Waals surface area (Å²) in [6.07, 6.45) is 4.63. The van der Waals surface area contributed by atoms with Gasteiger partial charge in [0.1, 0.15) is 5.75 Å². The maximum atomic E-state index is 5.15. The molecule has 0 N–H and O–H groups in total. The van der Waals surface area contributed by atoms with E-state index in [1.807, 2.05) is 12.1 Å². The van der Waals surface area contributed by atoms with Crippen LogP contribution in [0, 0.1) is 0 Å². The van der Waals surface area contributed by atoms with Gasteiger partial charge in [0.2, 0.25) is 0 Å². The van der Waals surface area contributed by atoms with Crippen molar-refractivity contribution in [2.24, 2.45) is 0 Å². The number of hydrogen-bond donors (Lipinski definition) is 0. The number of ether oxygens (including phenoxy) is 1. The Kier molecular flexibility index (Phi) is 3.62. The highest BCUT2D eigenvalue weighted by Gasteiger charge is 2.08. The number of likely N-dealkylation sites (N-methyl/N-ethyl adjacent to an activating group) is 1. The van der Waals surface area contributed by atoms with Crippen LogP contribution < -0.4 is 4.74 Å². The van der Waals surface area contributed by atoms with E-state index in [-0.39, 0.29) is 0 Å². The lowest BCUT2D eigenvalue weighted by atomic mass is 10.00. The molecule has 0 amide bonds. The number of rotatable bonds is 3. The molecule has 1 aliphatic rings. The maximum absolute atomic E-state index is 5.15. The summed E-state index contributed by atoms with van der Waals surface area (Å²) in [7, 11) is 3.87. The molecule has 1 aromatic carbocycles. The smallest absolute Gasteiger partial charge is 0.118 e. The highest BCUT2D eigenvalue weighted by atomic mass is 16.5. The van der Waals surface area contributed by atoms with Crippen LogP contribution in [0.5, 0.6) is 5.75 Å². The Labute approximate surface area is 97.5 Å². The summed E-state index contributed by atoms with van der Waals surface area (Å²) < 4.78 is 5.15. The largest absolute Gasteiger partial charge is 0.497 e. The van der Waals surface area contributed by atoms with E-state index >= 15 is 0 Å². The fourth-order valence-electron chi connectivity index (χ4n) is 1.98. The monoisotopic (exact) mass is 217 g/mol. The van der Waals surface area contributed by atoms with Crippen molar-refractivity contribution in [3.63, 3.8) is 0 Å². The van der Waals surface area contributed by atoms with Crippen molar-refractivity contribution in [2.45, 2.75) is 12.8 Å². The number of nitrogens with zero attached hydrogens (tertiary/aromatic N) is 1. The van der Waals surface area contributed by atoms with Gasteiger partial charge in [-0.2, -0.15) is 0 Å². The van der Waals surface area contributed by atoms with Crippen LogP contribution >= 0.6 is 0 Å². The second-order valence-corrected chi connectivity index (χ2v) is 4.40. The Hall–Kier alpha value is -1.28. The van der Waals surface area contributed by atoms with Crippen molar-refractivity contribution in [2.75, 3.05) is 27.2 Å². The SMILES string of the molecule is COc1ccc(CC2=CCN(C)CC2)cc1. The standard InChI is InChI=1S/C14H19NO/c1-15-9-7-13(8-10-15)11-12-3-5-14(16-2)6-4-12/h3-7H,8-11H2,1-2H3. The molecule has 1 heterocycles. The zero-order chi connectivity index (χ0) is 11.4. The van der Waals surface area contributed by atoms with Gasteiger partial charge in [0, 0.05) is 13.1 Å². The Bertz CT molecular complexity index is 367. The number of hydrogen-bond acceptors (Lipinski definition) is 2. The number of methoxy groups -OCH3 is 1. The van der Waals surface area contributed by atoms with Gasteiger partial charge < -0.3 is 9.64 Å². The van der Waals surface area contributed by atoms with Crippen LogP contribution in [0.25, 0.3) is 0 Å². The minimum Gasteiger partial charge on any atom is -0.497 e. The molecule has 2 heteroatoms. The van der Waals surface area contributed by atoms with Gasteiger partial charge in [0.05, 0.1) is 7.11 Å². The molecule has 0 fully saturated rings. The number of benzene rings is 1. The Morgan fingerprint density at radius 3 is 2.56 bits per heavy atom. The van der Waals surface area contributed by atoms with Gasteiger partial charge in [-0.3, -0.25) is 0 Å². The van der Waals surface area contributed by atoms with Gasteiger partial charge >= 0.3 is 0 Å². The summed E-state index contributed by atoms with van der Waals surface area (Å²) in [6, 6.07) is 8.37. The first-order valence-corrected chi connectivity index (χ1v) is 5.77. The average molecular weight is 217 g/mol. The molecule has 0 radical (unpaired) electrons. The lowest BCUT2D eigenvalue weighted by Crippen LogP contribution is -2.24. The van der Waals surface area contributed by atoms with Crippen molar-refractivity contribution >= 4 is 0 Å². The molecule has 0 saturated heterocycles. The molecule has 0 bridgehead atoms. The summed E-state index contributed by atoms with van der Waals surface area (Å²) in [4.78, 5) is 2.34. The first-order valence-electron chi connectivity index (χ1n) is 5.77. The van der Waals surface area contributed by atoms with E-state index in [9.17, 15) is 0 Å². The maximum Gasteiger partial charge on any atom is 0.118 e. The predicted molar refractivity (Wildman–Crippen MR) is 66.9 cm³/mol. The van der Waals surface area contributed by atoms with Crippen LogP contribution in [0.2, 0.25) is 0 Å². The van der Waals surface area contributed by atoms with Crippen LogP contribution in [0.3, 0.4) is 0 Å². The highest BCUT2D eigenvalue weighted by Crippen LogP contribution is 2.18. The molecule has 1 aromatic rings. The van der Waals surface area contributed by atoms with E-state index < -0.39 is 0 Å². The van der Waals surface area contributed by atoms with E-state index in [0.717, 1.165) is 18.7 Å². The van der Waals surface area contributed by atoms with E-state index in [1.54, 1.807) is 12.7 Å². The van der Waals surface area contributed by atoms with Gasteiger partial charge in [-0.05, 0) is 37.6 Å². The minimum absolute atomic E-state index is 0.932. The average Bonchev–Trinajstić information content (AvgIpc) is 2.33. The minimum atomic E-state index is 0.932. The normalized spacial score (nSPS) is 17.0. The molecule has 0 atom stereocenters. The first-order chi connectivity index (χ1) is 7.78. The zero-order valence-electron chi connectivity index (χ0n) is 10.1. The van der Waals surface area contributed by atoms with Gasteiger partial charge in [-0.15, -0.1) is 0 Å². The first kappa shape index (κ1) is 11.2. The highest BCUT2D eigenvalue weighted by molar-refractivity contribution is 5.30. The second kappa shape index (κ2) is 5.17. The fraction of sp³-hybridized carbons (Fsp3) is 0.429. The Morgan fingerprint density at radius 2 is 2.00 bits per heavy atom. The molecule has 86 valence electrons. The van der Waals surface area contributed by atoms with Gasteiger partial charge in [-0.1, -0.05) is 23.8 Å². The van der Waals surface area contributed by atoms with Gasteiger partial charge in [0.25, 0.3) is 0 Å². The third kappa shape index (κ3) is 2.86. The van der Waals surface area contributed by atoms with Crippen molar-refractivity contribution < 1.29 is 4.74 Å². The quantitative estimate of drug-likeness (QED) is 0.721. The molecule has 0 aliphatic carbocycles. The van der Waals surface area contributed by atoms with E-state index in [1.165, 1.54) is 18.5 Å². The lowest BCUT2D eigenvalue weighted by molar-refractivity contribution is 0.357. The molecule has 0 saturated carbocycles. The van der Waals surface area contributed by atoms with E-state index in [4.69, 9.17) is 4.74 Å². The summed E-state index contributed by atoms with van der Waals surface area (Å²) in [5.74, 6) is 0.932. The van der Waals surface area contributed by atoms with E-state index in [0.29, 0.717) is 0 Å². The second-order valence-electron chi connectivity index (χ2n) is 4.40. The van der Waals surface area contributed by atoms with Crippen molar-refractivity contribution in [1.29, 1.82) is 0 Å². The molecule has 0 aromatic heterocycles. The topological polar surface area (TPSA) is 12.5 Å². The third-order valence-electron chi connectivity index (χ3n) is 3.10. The van der Waals surface area contributed by atoms with Crippen LogP contribution in [0.4, 0.5) is 0 Å². The third-order valence-corrected chi connectivity index (χ3v) is 3.10. The molecule has 2 rings (SSSR count). The fourth-order valence-corrected chi connectivity index (χ4v) is 1.98. The molecular formula is C14H19NO. The van der Waals surface area contributed by atoms with Crippen molar-refractivity contribution in [3.05, 3.63) is 41.5 Å².